The number of aromatic amines is 1. The maximum absolute atomic E-state index is 12.8. The van der Waals surface area contributed by atoms with Crippen LogP contribution in [0.2, 0.25) is 0 Å². The van der Waals surface area contributed by atoms with Crippen molar-refractivity contribution in [2.45, 2.75) is 11.4 Å². The van der Waals surface area contributed by atoms with Gasteiger partial charge in [-0.1, -0.05) is 0 Å². The highest BCUT2D eigenvalue weighted by Crippen LogP contribution is 2.32. The zero-order valence-electron chi connectivity index (χ0n) is 13.9. The minimum Gasteiger partial charge on any atom is -0.454 e. The molecule has 1 amide bonds. The summed E-state index contributed by atoms with van der Waals surface area (Å²) in [5.41, 5.74) is 0.499. The Labute approximate surface area is 150 Å². The SMILES string of the molecule is O=C(c1ccc2c(c1)OCO2)N1CCCN(S(=O)(=O)c2cnc[nH]2)CC1. The first kappa shape index (κ1) is 16.9. The highest BCUT2D eigenvalue weighted by atomic mass is 32.2. The highest BCUT2D eigenvalue weighted by molar-refractivity contribution is 7.89. The third kappa shape index (κ3) is 3.01. The first-order chi connectivity index (χ1) is 12.6. The van der Waals surface area contributed by atoms with Gasteiger partial charge in [0.1, 0.15) is 0 Å². The van der Waals surface area contributed by atoms with Gasteiger partial charge >= 0.3 is 0 Å². The molecule has 1 aromatic carbocycles. The van der Waals surface area contributed by atoms with Crippen LogP contribution in [0.4, 0.5) is 0 Å². The van der Waals surface area contributed by atoms with Crippen LogP contribution in [0.15, 0.2) is 35.7 Å². The first-order valence-corrected chi connectivity index (χ1v) is 9.67. The van der Waals surface area contributed by atoms with Gasteiger partial charge in [-0.05, 0) is 24.6 Å². The van der Waals surface area contributed by atoms with Crippen LogP contribution in [-0.2, 0) is 10.0 Å². The van der Waals surface area contributed by atoms with Crippen LogP contribution in [-0.4, -0.2) is 66.5 Å². The van der Waals surface area contributed by atoms with Gasteiger partial charge in [0.15, 0.2) is 16.5 Å². The second-order valence-electron chi connectivity index (χ2n) is 6.03. The molecule has 1 saturated heterocycles. The third-order valence-corrected chi connectivity index (χ3v) is 6.28. The Bertz CT molecular complexity index is 913. The van der Waals surface area contributed by atoms with Gasteiger partial charge in [-0.25, -0.2) is 13.4 Å². The topological polar surface area (TPSA) is 105 Å². The van der Waals surface area contributed by atoms with Gasteiger partial charge < -0.3 is 19.4 Å². The molecule has 10 heteroatoms. The number of aromatic nitrogens is 2. The second-order valence-corrected chi connectivity index (χ2v) is 7.94. The molecule has 1 N–H and O–H groups in total. The summed E-state index contributed by atoms with van der Waals surface area (Å²) in [6.45, 7) is 1.55. The molecule has 0 bridgehead atoms. The quantitative estimate of drug-likeness (QED) is 0.842. The van der Waals surface area contributed by atoms with E-state index in [1.807, 2.05) is 0 Å². The van der Waals surface area contributed by atoms with E-state index in [9.17, 15) is 13.2 Å². The van der Waals surface area contributed by atoms with Crippen LogP contribution in [0, 0.1) is 0 Å². The summed E-state index contributed by atoms with van der Waals surface area (Å²) >= 11 is 0. The van der Waals surface area contributed by atoms with E-state index in [0.29, 0.717) is 43.1 Å². The Kier molecular flexibility index (Phi) is 4.29. The molecule has 0 radical (unpaired) electrons. The lowest BCUT2D eigenvalue weighted by molar-refractivity contribution is 0.0764. The summed E-state index contributed by atoms with van der Waals surface area (Å²) < 4.78 is 37.1. The smallest absolute Gasteiger partial charge is 0.260 e. The molecule has 0 saturated carbocycles. The van der Waals surface area contributed by atoms with Crippen LogP contribution in [0.25, 0.3) is 0 Å². The minimum absolute atomic E-state index is 0.0630. The third-order valence-electron chi connectivity index (χ3n) is 4.45. The van der Waals surface area contributed by atoms with Crippen molar-refractivity contribution in [3.05, 3.63) is 36.3 Å². The fourth-order valence-electron chi connectivity index (χ4n) is 3.07. The van der Waals surface area contributed by atoms with E-state index in [-0.39, 0.29) is 24.3 Å². The van der Waals surface area contributed by atoms with Crippen LogP contribution in [0.3, 0.4) is 0 Å². The van der Waals surface area contributed by atoms with Crippen molar-refractivity contribution in [2.75, 3.05) is 33.0 Å². The van der Waals surface area contributed by atoms with Gasteiger partial charge in [0, 0.05) is 31.7 Å². The van der Waals surface area contributed by atoms with Gasteiger partial charge in [-0.3, -0.25) is 4.79 Å². The average Bonchev–Trinajstić information content (AvgIpc) is 3.27. The summed E-state index contributed by atoms with van der Waals surface area (Å²) in [5, 5.41) is 0.0630. The van der Waals surface area contributed by atoms with Gasteiger partial charge in [0.25, 0.3) is 15.9 Å². The van der Waals surface area contributed by atoms with E-state index in [1.165, 1.54) is 16.8 Å². The molecule has 0 atom stereocenters. The summed E-state index contributed by atoms with van der Waals surface area (Å²) in [5.74, 6) is 1.02. The number of hydrogen-bond donors (Lipinski definition) is 1. The molecule has 9 nitrogen and oxygen atoms in total. The number of imidazole rings is 1. The summed E-state index contributed by atoms with van der Waals surface area (Å²) in [4.78, 5) is 20.9. The Hall–Kier alpha value is -2.59. The summed E-state index contributed by atoms with van der Waals surface area (Å²) in [7, 11) is -3.62. The van der Waals surface area contributed by atoms with Crippen LogP contribution >= 0.6 is 0 Å². The van der Waals surface area contributed by atoms with Crippen molar-refractivity contribution >= 4 is 15.9 Å². The van der Waals surface area contributed by atoms with E-state index in [2.05, 4.69) is 9.97 Å². The van der Waals surface area contributed by atoms with E-state index < -0.39 is 10.0 Å². The monoisotopic (exact) mass is 378 g/mol. The molecule has 0 aliphatic carbocycles. The van der Waals surface area contributed by atoms with Crippen molar-refractivity contribution in [1.29, 1.82) is 0 Å². The van der Waals surface area contributed by atoms with E-state index >= 15 is 0 Å². The lowest BCUT2D eigenvalue weighted by Gasteiger charge is -2.21. The zero-order chi connectivity index (χ0) is 18.1. The van der Waals surface area contributed by atoms with Crippen LogP contribution in [0.1, 0.15) is 16.8 Å². The average molecular weight is 378 g/mol. The highest BCUT2D eigenvalue weighted by Gasteiger charge is 2.29. The van der Waals surface area contributed by atoms with Gasteiger partial charge in [-0.2, -0.15) is 4.31 Å². The predicted octanol–water partition coefficient (Wildman–Crippen LogP) is 0.675. The number of amides is 1. The number of hydrogen-bond acceptors (Lipinski definition) is 6. The second kappa shape index (κ2) is 6.61. The molecule has 1 aromatic heterocycles. The number of carbonyl (C=O) groups is 1. The maximum Gasteiger partial charge on any atom is 0.260 e. The zero-order valence-corrected chi connectivity index (χ0v) is 14.7. The van der Waals surface area contributed by atoms with E-state index in [0.717, 1.165) is 0 Å². The number of ether oxygens (including phenoxy) is 2. The molecule has 2 aromatic rings. The first-order valence-electron chi connectivity index (χ1n) is 8.23. The van der Waals surface area contributed by atoms with Crippen molar-refractivity contribution in [3.8, 4) is 11.5 Å². The normalized spacial score (nSPS) is 17.9. The molecule has 0 unspecified atom stereocenters. The number of H-pyrrole nitrogens is 1. The molecule has 4 rings (SSSR count). The molecular weight excluding hydrogens is 360 g/mol. The Morgan fingerprint density at radius 3 is 2.77 bits per heavy atom. The van der Waals surface area contributed by atoms with Gasteiger partial charge in [0.2, 0.25) is 6.79 Å². The fourth-order valence-corrected chi connectivity index (χ4v) is 4.44. The van der Waals surface area contributed by atoms with Crippen molar-refractivity contribution in [3.63, 3.8) is 0 Å². The summed E-state index contributed by atoms with van der Waals surface area (Å²) in [6, 6.07) is 5.07. The molecule has 1 fully saturated rings. The molecule has 2 aliphatic heterocycles. The number of nitrogens with one attached hydrogen (secondary N) is 1. The number of carbonyl (C=O) groups excluding carboxylic acids is 1. The van der Waals surface area contributed by atoms with E-state index in [1.54, 1.807) is 23.1 Å². The van der Waals surface area contributed by atoms with Gasteiger partial charge in [0.05, 0.1) is 12.5 Å². The molecule has 26 heavy (non-hydrogen) atoms. The number of benzene rings is 1. The van der Waals surface area contributed by atoms with Crippen LogP contribution < -0.4 is 9.47 Å². The van der Waals surface area contributed by atoms with Crippen LogP contribution in [0.5, 0.6) is 11.5 Å². The number of rotatable bonds is 3. The molecule has 138 valence electrons. The minimum atomic E-state index is -3.62. The van der Waals surface area contributed by atoms with Crippen molar-refractivity contribution in [2.24, 2.45) is 0 Å². The van der Waals surface area contributed by atoms with E-state index in [4.69, 9.17) is 9.47 Å². The Balaban J connectivity index is 1.48. The lowest BCUT2D eigenvalue weighted by atomic mass is 10.1. The van der Waals surface area contributed by atoms with Crippen molar-refractivity contribution < 1.29 is 22.7 Å². The molecule has 2 aliphatic rings. The molecular formula is C16H18N4O5S. The Morgan fingerprint density at radius 1 is 1.12 bits per heavy atom. The lowest BCUT2D eigenvalue weighted by Crippen LogP contribution is -2.37. The largest absolute Gasteiger partial charge is 0.454 e. The fraction of sp³-hybridized carbons (Fsp3) is 0.375. The molecule has 0 spiro atoms. The number of nitrogens with zero attached hydrogens (tertiary/aromatic N) is 3. The number of sulfonamides is 1. The predicted molar refractivity (Wildman–Crippen MR) is 90.4 cm³/mol. The number of fused-ring (bicyclic) bond motifs is 1. The van der Waals surface area contributed by atoms with Crippen molar-refractivity contribution in [1.82, 2.24) is 19.2 Å². The van der Waals surface area contributed by atoms with Gasteiger partial charge in [-0.15, -0.1) is 0 Å². The Morgan fingerprint density at radius 2 is 1.96 bits per heavy atom. The maximum atomic E-state index is 12.8. The standard InChI is InChI=1S/C16H18N4O5S/c21-16(12-2-3-13-14(8-12)25-11-24-13)19-4-1-5-20(7-6-19)26(22,23)15-9-17-10-18-15/h2-3,8-10H,1,4-7,11H2,(H,17,18). The molecule has 3 heterocycles. The summed E-state index contributed by atoms with van der Waals surface area (Å²) in [6.07, 6.45) is 3.18.